The number of amides is 1. The average molecular weight is 451 g/mol. The number of nitrogens with zero attached hydrogens (tertiary/aromatic N) is 2. The first-order valence-electron chi connectivity index (χ1n) is 11.5. The van der Waals surface area contributed by atoms with Crippen molar-refractivity contribution in [3.8, 4) is 34.6 Å². The minimum Gasteiger partial charge on any atom is -0.457 e. The van der Waals surface area contributed by atoms with Crippen molar-refractivity contribution >= 4 is 22.6 Å². The van der Waals surface area contributed by atoms with Crippen LogP contribution in [0.15, 0.2) is 72.9 Å². The molecule has 3 heterocycles. The highest BCUT2D eigenvalue weighted by Crippen LogP contribution is 2.32. The Morgan fingerprint density at radius 3 is 2.71 bits per heavy atom. The largest absolute Gasteiger partial charge is 0.457 e. The van der Waals surface area contributed by atoms with E-state index in [1.807, 2.05) is 60.8 Å². The lowest BCUT2D eigenvalue weighted by atomic mass is 10.0. The van der Waals surface area contributed by atoms with E-state index in [-0.39, 0.29) is 11.9 Å². The van der Waals surface area contributed by atoms with Crippen LogP contribution in [0.1, 0.15) is 19.8 Å². The maximum absolute atomic E-state index is 12.0. The molecule has 6 heteroatoms. The number of carbonyl (C=O) groups excluding carboxylic acids is 1. The summed E-state index contributed by atoms with van der Waals surface area (Å²) in [5.41, 5.74) is 2.94. The molecule has 0 aliphatic carbocycles. The first kappa shape index (κ1) is 21.6. The molecule has 34 heavy (non-hydrogen) atoms. The first-order chi connectivity index (χ1) is 16.7. The topological polar surface area (TPSA) is 70.2 Å². The number of ether oxygens (including phenoxy) is 1. The van der Waals surface area contributed by atoms with Gasteiger partial charge in [-0.2, -0.15) is 0 Å². The number of para-hydroxylation sites is 1. The summed E-state index contributed by atoms with van der Waals surface area (Å²) in [5.74, 6) is 7.53. The molecular weight excluding hydrogens is 424 g/mol. The molecule has 5 rings (SSSR count). The number of anilines is 1. The fourth-order valence-electron chi connectivity index (χ4n) is 4.37. The number of hydrogen-bond acceptors (Lipinski definition) is 4. The van der Waals surface area contributed by atoms with Crippen LogP contribution < -0.4 is 15.0 Å². The molecule has 1 aliphatic rings. The predicted molar refractivity (Wildman–Crippen MR) is 135 cm³/mol. The molecule has 1 amide bonds. The summed E-state index contributed by atoms with van der Waals surface area (Å²) in [5, 5.41) is 4.11. The van der Waals surface area contributed by atoms with Gasteiger partial charge < -0.3 is 19.9 Å². The van der Waals surface area contributed by atoms with E-state index in [9.17, 15) is 4.79 Å². The van der Waals surface area contributed by atoms with Crippen LogP contribution in [0.5, 0.6) is 11.5 Å². The van der Waals surface area contributed by atoms with Gasteiger partial charge in [0, 0.05) is 36.3 Å². The molecule has 0 unspecified atom stereocenters. The molecule has 2 aromatic carbocycles. The molecule has 1 atom stereocenters. The van der Waals surface area contributed by atoms with Gasteiger partial charge in [0.2, 0.25) is 0 Å². The molecule has 0 bridgehead atoms. The number of aromatic nitrogens is 2. The number of aromatic amines is 1. The van der Waals surface area contributed by atoms with Crippen molar-refractivity contribution < 1.29 is 9.53 Å². The smallest absolute Gasteiger partial charge is 0.296 e. The van der Waals surface area contributed by atoms with Gasteiger partial charge in [-0.3, -0.25) is 4.79 Å². The number of pyridine rings is 1. The van der Waals surface area contributed by atoms with Gasteiger partial charge in [-0.15, -0.1) is 0 Å². The highest BCUT2D eigenvalue weighted by Gasteiger charge is 2.24. The van der Waals surface area contributed by atoms with E-state index in [0.717, 1.165) is 58.9 Å². The van der Waals surface area contributed by atoms with E-state index >= 15 is 0 Å². The van der Waals surface area contributed by atoms with Gasteiger partial charge >= 0.3 is 0 Å². The lowest BCUT2D eigenvalue weighted by molar-refractivity contribution is -0.116. The third kappa shape index (κ3) is 4.74. The summed E-state index contributed by atoms with van der Waals surface area (Å²) in [7, 11) is 0. The zero-order chi connectivity index (χ0) is 23.3. The number of rotatable bonds is 5. The van der Waals surface area contributed by atoms with Gasteiger partial charge in [0.15, 0.2) is 0 Å². The van der Waals surface area contributed by atoms with Crippen LogP contribution in [0, 0.1) is 11.8 Å². The van der Waals surface area contributed by atoms with Crippen LogP contribution in [0.4, 0.5) is 5.82 Å². The number of benzene rings is 2. The molecule has 6 nitrogen and oxygen atoms in total. The second kappa shape index (κ2) is 9.72. The summed E-state index contributed by atoms with van der Waals surface area (Å²) in [6.45, 7) is 3.27. The van der Waals surface area contributed by atoms with Crippen molar-refractivity contribution in [3.63, 3.8) is 0 Å². The Bertz CT molecular complexity index is 1350. The summed E-state index contributed by atoms with van der Waals surface area (Å²) in [6.07, 6.45) is 3.86. The molecule has 1 saturated heterocycles. The SMILES string of the molecule is CC#CC(=O)N[C@H]1CCCN(c2nc(-c3ccc(Oc4ccccc4)cc3)cc3[nH]ccc23)C1. The molecule has 1 aliphatic heterocycles. The maximum atomic E-state index is 12.0. The molecule has 2 N–H and O–H groups in total. The summed E-state index contributed by atoms with van der Waals surface area (Å²) < 4.78 is 5.93. The Morgan fingerprint density at radius 1 is 1.12 bits per heavy atom. The van der Waals surface area contributed by atoms with E-state index in [1.165, 1.54) is 0 Å². The zero-order valence-corrected chi connectivity index (χ0v) is 19.0. The number of fused-ring (bicyclic) bond motifs is 1. The van der Waals surface area contributed by atoms with Crippen molar-refractivity contribution in [2.24, 2.45) is 0 Å². The Labute approximate surface area is 199 Å². The van der Waals surface area contributed by atoms with Crippen molar-refractivity contribution in [1.82, 2.24) is 15.3 Å². The summed E-state index contributed by atoms with van der Waals surface area (Å²) in [4.78, 5) is 22.6. The standard InChI is InChI=1S/C28H26N4O2/c1-2-7-27(33)30-21-8-6-17-32(19-21)28-24-15-16-29-26(24)18-25(31-28)20-11-13-23(14-12-20)34-22-9-4-3-5-10-22/h3-5,9-16,18,21,29H,6,8,17,19H2,1H3,(H,30,33)/t21-/m0/s1. The van der Waals surface area contributed by atoms with Crippen LogP contribution in [-0.4, -0.2) is 35.0 Å². The van der Waals surface area contributed by atoms with E-state index in [2.05, 4.69) is 39.2 Å². The molecular formula is C28H26N4O2. The minimum absolute atomic E-state index is 0.0518. The normalized spacial score (nSPS) is 15.4. The highest BCUT2D eigenvalue weighted by molar-refractivity contribution is 5.94. The van der Waals surface area contributed by atoms with E-state index in [0.29, 0.717) is 6.54 Å². The lowest BCUT2D eigenvalue weighted by Crippen LogP contribution is -2.47. The van der Waals surface area contributed by atoms with E-state index < -0.39 is 0 Å². The van der Waals surface area contributed by atoms with Crippen molar-refractivity contribution in [2.75, 3.05) is 18.0 Å². The Morgan fingerprint density at radius 2 is 1.91 bits per heavy atom. The van der Waals surface area contributed by atoms with Crippen molar-refractivity contribution in [1.29, 1.82) is 0 Å². The fraction of sp³-hybridized carbons (Fsp3) is 0.214. The second-order valence-electron chi connectivity index (χ2n) is 8.34. The highest BCUT2D eigenvalue weighted by atomic mass is 16.5. The quantitative estimate of drug-likeness (QED) is 0.414. The van der Waals surface area contributed by atoms with Crippen molar-refractivity contribution in [2.45, 2.75) is 25.8 Å². The Kier molecular flexibility index (Phi) is 6.17. The second-order valence-corrected chi connectivity index (χ2v) is 8.34. The fourth-order valence-corrected chi connectivity index (χ4v) is 4.37. The molecule has 0 saturated carbocycles. The molecule has 0 radical (unpaired) electrons. The average Bonchev–Trinajstić information content (AvgIpc) is 3.34. The summed E-state index contributed by atoms with van der Waals surface area (Å²) in [6, 6.07) is 21.9. The Balaban J connectivity index is 1.40. The minimum atomic E-state index is -0.222. The third-order valence-corrected chi connectivity index (χ3v) is 5.95. The van der Waals surface area contributed by atoms with Crippen LogP contribution in [0.2, 0.25) is 0 Å². The summed E-state index contributed by atoms with van der Waals surface area (Å²) >= 11 is 0. The number of hydrogen-bond donors (Lipinski definition) is 2. The van der Waals surface area contributed by atoms with Gasteiger partial charge in [-0.05, 0) is 74.2 Å². The lowest BCUT2D eigenvalue weighted by Gasteiger charge is -2.34. The van der Waals surface area contributed by atoms with Crippen LogP contribution in [0.3, 0.4) is 0 Å². The van der Waals surface area contributed by atoms with Crippen molar-refractivity contribution in [3.05, 3.63) is 72.9 Å². The monoisotopic (exact) mass is 450 g/mol. The molecule has 170 valence electrons. The van der Waals surface area contributed by atoms with Gasteiger partial charge in [0.1, 0.15) is 17.3 Å². The predicted octanol–water partition coefficient (Wildman–Crippen LogP) is 5.13. The number of nitrogens with one attached hydrogen (secondary N) is 2. The zero-order valence-electron chi connectivity index (χ0n) is 19.0. The number of H-pyrrole nitrogens is 1. The third-order valence-electron chi connectivity index (χ3n) is 5.95. The van der Waals surface area contributed by atoms with Gasteiger partial charge in [0.05, 0.1) is 11.2 Å². The Hall–Kier alpha value is -4.24. The molecule has 0 spiro atoms. The van der Waals surface area contributed by atoms with Crippen LogP contribution in [0.25, 0.3) is 22.2 Å². The molecule has 1 fully saturated rings. The van der Waals surface area contributed by atoms with Crippen LogP contribution >= 0.6 is 0 Å². The van der Waals surface area contributed by atoms with Gasteiger partial charge in [-0.1, -0.05) is 24.1 Å². The van der Waals surface area contributed by atoms with Gasteiger partial charge in [0.25, 0.3) is 5.91 Å². The maximum Gasteiger partial charge on any atom is 0.296 e. The number of piperidine rings is 1. The van der Waals surface area contributed by atoms with E-state index in [1.54, 1.807) is 6.92 Å². The first-order valence-corrected chi connectivity index (χ1v) is 11.5. The molecule has 2 aromatic heterocycles. The van der Waals surface area contributed by atoms with E-state index in [4.69, 9.17) is 9.72 Å². The van der Waals surface area contributed by atoms with Crippen LogP contribution in [-0.2, 0) is 4.79 Å². The molecule has 4 aromatic rings. The van der Waals surface area contributed by atoms with Gasteiger partial charge in [-0.25, -0.2) is 4.98 Å². The number of carbonyl (C=O) groups is 1.